The van der Waals surface area contributed by atoms with Crippen molar-refractivity contribution in [2.24, 2.45) is 5.10 Å². The van der Waals surface area contributed by atoms with Gasteiger partial charge in [0.05, 0.1) is 33.4 Å². The van der Waals surface area contributed by atoms with Crippen molar-refractivity contribution in [3.05, 3.63) is 86.2 Å². The highest BCUT2D eigenvalue weighted by Gasteiger charge is 2.16. The summed E-state index contributed by atoms with van der Waals surface area (Å²) in [6.45, 7) is 5.58. The molecular formula is C28H26IN3O5. The number of halogens is 1. The van der Waals surface area contributed by atoms with Crippen LogP contribution in [0.4, 0.5) is 0 Å². The highest BCUT2D eigenvalue weighted by atomic mass is 127. The molecule has 3 aromatic carbocycles. The van der Waals surface area contributed by atoms with Gasteiger partial charge in [0.1, 0.15) is 0 Å². The molecule has 0 saturated carbocycles. The molecule has 0 atom stereocenters. The number of carbonyl (C=O) groups is 1. The van der Waals surface area contributed by atoms with Gasteiger partial charge in [0.25, 0.3) is 5.56 Å². The molecule has 9 heteroatoms. The first-order valence-corrected chi connectivity index (χ1v) is 12.9. The summed E-state index contributed by atoms with van der Waals surface area (Å²) in [6, 6.07) is 20.2. The van der Waals surface area contributed by atoms with Crippen molar-refractivity contribution >= 4 is 45.7 Å². The van der Waals surface area contributed by atoms with Gasteiger partial charge in [-0.25, -0.2) is 9.78 Å². The van der Waals surface area contributed by atoms with E-state index >= 15 is 0 Å². The van der Waals surface area contributed by atoms with Crippen LogP contribution in [0.1, 0.15) is 26.3 Å². The second kappa shape index (κ2) is 12.0. The number of carbonyl (C=O) groups excluding carboxylic acids is 1. The molecule has 0 radical (unpaired) electrons. The summed E-state index contributed by atoms with van der Waals surface area (Å²) >= 11 is 2.11. The number of fused-ring (bicyclic) bond motifs is 1. The van der Waals surface area contributed by atoms with E-state index in [4.69, 9.17) is 19.2 Å². The quantitative estimate of drug-likeness (QED) is 0.145. The maximum absolute atomic E-state index is 13.4. The Hall–Kier alpha value is -3.73. The lowest BCUT2D eigenvalue weighted by Gasteiger charge is -2.15. The van der Waals surface area contributed by atoms with E-state index in [1.54, 1.807) is 38.3 Å². The monoisotopic (exact) mass is 611 g/mol. The normalized spacial score (nSPS) is 11.3. The third kappa shape index (κ3) is 6.34. The van der Waals surface area contributed by atoms with Crippen molar-refractivity contribution in [2.45, 2.75) is 26.9 Å². The molecule has 0 amide bonds. The van der Waals surface area contributed by atoms with Crippen molar-refractivity contribution in [1.29, 1.82) is 0 Å². The number of aromatic nitrogens is 2. The Labute approximate surface area is 228 Å². The van der Waals surface area contributed by atoms with Crippen molar-refractivity contribution in [3.8, 4) is 22.9 Å². The number of para-hydroxylation sites is 1. The maximum Gasteiger partial charge on any atom is 0.344 e. The molecule has 0 aliphatic heterocycles. The van der Waals surface area contributed by atoms with E-state index in [9.17, 15) is 9.59 Å². The molecule has 8 nitrogen and oxygen atoms in total. The van der Waals surface area contributed by atoms with Gasteiger partial charge < -0.3 is 14.2 Å². The lowest BCUT2D eigenvalue weighted by molar-refractivity contribution is -0.149. The van der Waals surface area contributed by atoms with Crippen molar-refractivity contribution < 1.29 is 19.0 Å². The Bertz CT molecular complexity index is 1500. The van der Waals surface area contributed by atoms with Crippen molar-refractivity contribution in [1.82, 2.24) is 9.66 Å². The van der Waals surface area contributed by atoms with Crippen LogP contribution in [0.25, 0.3) is 22.3 Å². The maximum atomic E-state index is 13.4. The van der Waals surface area contributed by atoms with Gasteiger partial charge in [0.2, 0.25) is 0 Å². The van der Waals surface area contributed by atoms with Crippen LogP contribution in [0.3, 0.4) is 0 Å². The topological polar surface area (TPSA) is 92.0 Å². The molecule has 0 aliphatic carbocycles. The highest BCUT2D eigenvalue weighted by molar-refractivity contribution is 14.1. The average molecular weight is 611 g/mol. The van der Waals surface area contributed by atoms with Gasteiger partial charge in [0, 0.05) is 5.56 Å². The molecule has 37 heavy (non-hydrogen) atoms. The molecule has 190 valence electrons. The number of hydrogen-bond acceptors (Lipinski definition) is 7. The van der Waals surface area contributed by atoms with E-state index in [-0.39, 0.29) is 18.3 Å². The fourth-order valence-electron chi connectivity index (χ4n) is 3.62. The van der Waals surface area contributed by atoms with Crippen LogP contribution in [0.5, 0.6) is 11.5 Å². The van der Waals surface area contributed by atoms with Gasteiger partial charge in [-0.15, -0.1) is 0 Å². The number of esters is 1. The van der Waals surface area contributed by atoms with E-state index in [2.05, 4.69) is 27.7 Å². The Balaban J connectivity index is 1.73. The zero-order valence-electron chi connectivity index (χ0n) is 20.7. The molecular weight excluding hydrogens is 585 g/mol. The number of hydrogen-bond donors (Lipinski definition) is 0. The van der Waals surface area contributed by atoms with E-state index in [0.29, 0.717) is 40.4 Å². The minimum absolute atomic E-state index is 0.228. The second-order valence-electron chi connectivity index (χ2n) is 8.27. The highest BCUT2D eigenvalue weighted by Crippen LogP contribution is 2.34. The lowest BCUT2D eigenvalue weighted by Crippen LogP contribution is -2.20. The largest absolute Gasteiger partial charge is 0.490 e. The Morgan fingerprint density at radius 2 is 1.81 bits per heavy atom. The molecule has 0 spiro atoms. The standard InChI is InChI=1S/C28H26IN3O5/c1-4-35-24-15-19(14-22(29)26(24)36-17-25(33)37-18(2)3)16-30-32-27(20-10-6-5-7-11-20)31-23-13-9-8-12-21(23)28(32)34/h5-16,18H,4,17H2,1-3H3. The number of rotatable bonds is 9. The van der Waals surface area contributed by atoms with E-state index in [1.807, 2.05) is 55.5 Å². The molecule has 0 aliphatic rings. The van der Waals surface area contributed by atoms with E-state index in [1.165, 1.54) is 4.68 Å². The summed E-state index contributed by atoms with van der Waals surface area (Å²) < 4.78 is 18.7. The molecule has 1 aromatic heterocycles. The zero-order valence-corrected chi connectivity index (χ0v) is 22.8. The Morgan fingerprint density at radius 1 is 1.08 bits per heavy atom. The molecule has 4 aromatic rings. The summed E-state index contributed by atoms with van der Waals surface area (Å²) in [6.07, 6.45) is 1.35. The van der Waals surface area contributed by atoms with Crippen LogP contribution in [-0.2, 0) is 9.53 Å². The van der Waals surface area contributed by atoms with Crippen LogP contribution in [0.2, 0.25) is 0 Å². The molecule has 0 bridgehead atoms. The lowest BCUT2D eigenvalue weighted by atomic mass is 10.2. The fraction of sp³-hybridized carbons (Fsp3) is 0.214. The first-order chi connectivity index (χ1) is 17.9. The Morgan fingerprint density at radius 3 is 2.54 bits per heavy atom. The van der Waals surface area contributed by atoms with Gasteiger partial charge in [-0.1, -0.05) is 42.5 Å². The van der Waals surface area contributed by atoms with Gasteiger partial charge in [-0.2, -0.15) is 9.78 Å². The predicted octanol–water partition coefficient (Wildman–Crippen LogP) is 5.28. The van der Waals surface area contributed by atoms with Gasteiger partial charge >= 0.3 is 5.97 Å². The summed E-state index contributed by atoms with van der Waals surface area (Å²) in [5.41, 5.74) is 1.78. The number of benzene rings is 3. The SMILES string of the molecule is CCOc1cc(C=Nn2c(-c3ccccc3)nc3ccccc3c2=O)cc(I)c1OCC(=O)OC(C)C. The first kappa shape index (κ1) is 26.3. The summed E-state index contributed by atoms with van der Waals surface area (Å²) in [7, 11) is 0. The van der Waals surface area contributed by atoms with Crippen molar-refractivity contribution in [3.63, 3.8) is 0 Å². The summed E-state index contributed by atoms with van der Waals surface area (Å²) in [5.74, 6) is 0.870. The fourth-order valence-corrected chi connectivity index (χ4v) is 4.40. The smallest absolute Gasteiger partial charge is 0.344 e. The third-order valence-corrected chi connectivity index (χ3v) is 5.94. The van der Waals surface area contributed by atoms with Gasteiger partial charge in [-0.05, 0) is 73.2 Å². The summed E-state index contributed by atoms with van der Waals surface area (Å²) in [5, 5.41) is 5.00. The molecule has 4 rings (SSSR count). The average Bonchev–Trinajstić information content (AvgIpc) is 2.88. The molecule has 1 heterocycles. The van der Waals surface area contributed by atoms with Crippen LogP contribution in [0.15, 0.2) is 76.6 Å². The van der Waals surface area contributed by atoms with Crippen LogP contribution < -0.4 is 15.0 Å². The molecule has 0 saturated heterocycles. The van der Waals surface area contributed by atoms with E-state index in [0.717, 1.165) is 9.13 Å². The minimum atomic E-state index is -0.462. The predicted molar refractivity (Wildman–Crippen MR) is 151 cm³/mol. The number of nitrogens with zero attached hydrogens (tertiary/aromatic N) is 3. The minimum Gasteiger partial charge on any atom is -0.490 e. The summed E-state index contributed by atoms with van der Waals surface area (Å²) in [4.78, 5) is 30.1. The second-order valence-corrected chi connectivity index (χ2v) is 9.43. The van der Waals surface area contributed by atoms with Crippen molar-refractivity contribution in [2.75, 3.05) is 13.2 Å². The third-order valence-electron chi connectivity index (χ3n) is 5.14. The van der Waals surface area contributed by atoms with Crippen LogP contribution >= 0.6 is 22.6 Å². The van der Waals surface area contributed by atoms with Crippen LogP contribution in [-0.4, -0.2) is 41.2 Å². The molecule has 0 fully saturated rings. The molecule has 0 unspecified atom stereocenters. The van der Waals surface area contributed by atoms with Gasteiger partial charge in [0.15, 0.2) is 23.9 Å². The first-order valence-electron chi connectivity index (χ1n) is 11.8. The number of ether oxygens (including phenoxy) is 3. The van der Waals surface area contributed by atoms with Crippen LogP contribution in [0, 0.1) is 3.57 Å². The zero-order chi connectivity index (χ0) is 26.4. The van der Waals surface area contributed by atoms with E-state index < -0.39 is 5.97 Å². The molecule has 0 N–H and O–H groups in total. The van der Waals surface area contributed by atoms with Gasteiger partial charge in [-0.3, -0.25) is 4.79 Å². The Kier molecular flexibility index (Phi) is 8.54.